The van der Waals surface area contributed by atoms with E-state index in [-0.39, 0.29) is 17.8 Å². The van der Waals surface area contributed by atoms with Crippen LogP contribution in [0.5, 0.6) is 0 Å². The Morgan fingerprint density at radius 2 is 1.44 bits per heavy atom. The van der Waals surface area contributed by atoms with Crippen molar-refractivity contribution in [2.45, 2.75) is 23.3 Å². The van der Waals surface area contributed by atoms with E-state index in [0.29, 0.717) is 13.0 Å². The molecular weight excluding hydrogens is 418 g/mol. The van der Waals surface area contributed by atoms with Crippen LogP contribution in [0.15, 0.2) is 95.9 Å². The summed E-state index contributed by atoms with van der Waals surface area (Å²) >= 11 is 1.76. The molecule has 0 unspecified atom stereocenters. The average Bonchev–Trinajstić information content (AvgIpc) is 3.29. The van der Waals surface area contributed by atoms with Crippen molar-refractivity contribution in [3.05, 3.63) is 102 Å². The molecule has 0 saturated carbocycles. The molecule has 0 aromatic heterocycles. The van der Waals surface area contributed by atoms with E-state index in [1.54, 1.807) is 16.7 Å². The fourth-order valence-electron chi connectivity index (χ4n) is 4.31. The van der Waals surface area contributed by atoms with Crippen LogP contribution >= 0.6 is 11.8 Å². The smallest absolute Gasteiger partial charge is 0.328 e. The molecule has 0 aliphatic carbocycles. The van der Waals surface area contributed by atoms with Gasteiger partial charge in [-0.3, -0.25) is 4.79 Å². The Labute approximate surface area is 193 Å². The lowest BCUT2D eigenvalue weighted by molar-refractivity contribution is -0.151. The molecule has 0 radical (unpaired) electrons. The summed E-state index contributed by atoms with van der Waals surface area (Å²) < 4.78 is 5.08. The van der Waals surface area contributed by atoms with Crippen molar-refractivity contribution in [3.8, 4) is 0 Å². The quantitative estimate of drug-likeness (QED) is 0.379. The molecule has 164 valence electrons. The van der Waals surface area contributed by atoms with E-state index in [1.165, 1.54) is 12.0 Å². The number of hydrogen-bond acceptors (Lipinski definition) is 4. The number of nitrogens with zero attached hydrogens (tertiary/aromatic N) is 1. The number of benzene rings is 3. The summed E-state index contributed by atoms with van der Waals surface area (Å²) in [6.07, 6.45) is 0.620. The van der Waals surface area contributed by atoms with Gasteiger partial charge in [0.2, 0.25) is 5.91 Å². The van der Waals surface area contributed by atoms with Crippen LogP contribution in [0.25, 0.3) is 0 Å². The molecule has 0 bridgehead atoms. The molecule has 0 spiro atoms. The number of hydrogen-bond donors (Lipinski definition) is 0. The molecule has 3 aromatic carbocycles. The van der Waals surface area contributed by atoms with Gasteiger partial charge in [0.1, 0.15) is 6.04 Å². The number of likely N-dealkylation sites (tertiary alicyclic amines) is 1. The van der Waals surface area contributed by atoms with Gasteiger partial charge in [-0.05, 0) is 35.6 Å². The minimum absolute atomic E-state index is 0.0509. The number of carbonyl (C=O) groups excluding carboxylic acids is 2. The maximum Gasteiger partial charge on any atom is 0.328 e. The van der Waals surface area contributed by atoms with Crippen LogP contribution in [0, 0.1) is 5.92 Å². The van der Waals surface area contributed by atoms with E-state index in [9.17, 15) is 9.59 Å². The highest BCUT2D eigenvalue weighted by Crippen LogP contribution is 2.34. The Morgan fingerprint density at radius 1 is 0.906 bits per heavy atom. The van der Waals surface area contributed by atoms with Crippen molar-refractivity contribution in [2.75, 3.05) is 19.4 Å². The summed E-state index contributed by atoms with van der Waals surface area (Å²) in [5, 5.41) is 0. The fraction of sp³-hybridized carbons (Fsp3) is 0.259. The Kier molecular flexibility index (Phi) is 7.28. The standard InChI is InChI=1S/C27H27NO3S/c1-31-27(30)24-17-20(19-32-23-15-9-4-10-16-23)18-28(24)26(29)25(21-11-5-2-6-12-21)22-13-7-3-8-14-22/h2-16,20,24-25H,17-19H2,1H3/t20-,24-/m0/s1. The van der Waals surface area contributed by atoms with E-state index in [0.717, 1.165) is 16.9 Å². The lowest BCUT2D eigenvalue weighted by atomic mass is 9.90. The van der Waals surface area contributed by atoms with Gasteiger partial charge < -0.3 is 9.64 Å². The predicted molar refractivity (Wildman–Crippen MR) is 128 cm³/mol. The van der Waals surface area contributed by atoms with E-state index in [2.05, 4.69) is 12.1 Å². The lowest BCUT2D eigenvalue weighted by Crippen LogP contribution is -2.43. The molecule has 1 amide bonds. The van der Waals surface area contributed by atoms with Crippen LogP contribution in [0.1, 0.15) is 23.5 Å². The summed E-state index contributed by atoms with van der Waals surface area (Å²) in [6.45, 7) is 0.550. The van der Waals surface area contributed by atoms with Gasteiger partial charge in [0.05, 0.1) is 13.0 Å². The van der Waals surface area contributed by atoms with Crippen molar-refractivity contribution < 1.29 is 14.3 Å². The Morgan fingerprint density at radius 3 is 1.97 bits per heavy atom. The largest absolute Gasteiger partial charge is 0.467 e. The van der Waals surface area contributed by atoms with Crippen molar-refractivity contribution >= 4 is 23.6 Å². The number of thioether (sulfide) groups is 1. The normalized spacial score (nSPS) is 18.0. The molecule has 1 fully saturated rings. The molecule has 1 aliphatic rings. The monoisotopic (exact) mass is 445 g/mol. The van der Waals surface area contributed by atoms with Gasteiger partial charge in [-0.25, -0.2) is 4.79 Å². The zero-order chi connectivity index (χ0) is 22.3. The SMILES string of the molecule is COC(=O)[C@@H]1C[C@H](CSc2ccccc2)CN1C(=O)C(c1ccccc1)c1ccccc1. The van der Waals surface area contributed by atoms with Crippen LogP contribution < -0.4 is 0 Å². The first kappa shape index (κ1) is 22.2. The third-order valence-corrected chi connectivity index (χ3v) is 7.13. The number of ether oxygens (including phenoxy) is 1. The second-order valence-corrected chi connectivity index (χ2v) is 9.10. The first-order valence-corrected chi connectivity index (χ1v) is 11.8. The maximum absolute atomic E-state index is 13.9. The van der Waals surface area contributed by atoms with Crippen LogP contribution in [-0.2, 0) is 14.3 Å². The van der Waals surface area contributed by atoms with E-state index < -0.39 is 12.0 Å². The number of rotatable bonds is 7. The maximum atomic E-state index is 13.9. The molecule has 0 N–H and O–H groups in total. The third-order valence-electron chi connectivity index (χ3n) is 5.89. The molecule has 3 aromatic rings. The first-order valence-electron chi connectivity index (χ1n) is 10.8. The van der Waals surface area contributed by atoms with Crippen LogP contribution in [0.3, 0.4) is 0 Å². The van der Waals surface area contributed by atoms with Gasteiger partial charge in [-0.15, -0.1) is 11.8 Å². The van der Waals surface area contributed by atoms with Crippen molar-refractivity contribution in [3.63, 3.8) is 0 Å². The molecule has 5 heteroatoms. The van der Waals surface area contributed by atoms with Gasteiger partial charge in [0.25, 0.3) is 0 Å². The third kappa shape index (κ3) is 5.05. The van der Waals surface area contributed by atoms with Crippen molar-refractivity contribution in [1.82, 2.24) is 4.90 Å². The highest BCUT2D eigenvalue weighted by molar-refractivity contribution is 7.99. The van der Waals surface area contributed by atoms with E-state index >= 15 is 0 Å². The van der Waals surface area contributed by atoms with Crippen LogP contribution in [0.4, 0.5) is 0 Å². The second-order valence-electron chi connectivity index (χ2n) is 8.01. The molecular formula is C27H27NO3S. The summed E-state index contributed by atoms with van der Waals surface area (Å²) in [5.41, 5.74) is 1.85. The average molecular weight is 446 g/mol. The highest BCUT2D eigenvalue weighted by Gasteiger charge is 2.42. The molecule has 4 rings (SSSR count). The number of amides is 1. The first-order chi connectivity index (χ1) is 15.7. The Hall–Kier alpha value is -3.05. The van der Waals surface area contributed by atoms with Crippen molar-refractivity contribution in [1.29, 1.82) is 0 Å². The fourth-order valence-corrected chi connectivity index (χ4v) is 5.33. The minimum atomic E-state index is -0.552. The summed E-state index contributed by atoms with van der Waals surface area (Å²) in [7, 11) is 1.39. The summed E-state index contributed by atoms with van der Waals surface area (Å²) in [6, 6.07) is 29.2. The lowest BCUT2D eigenvalue weighted by Gasteiger charge is -2.28. The van der Waals surface area contributed by atoms with Gasteiger partial charge in [-0.2, -0.15) is 0 Å². The zero-order valence-corrected chi connectivity index (χ0v) is 18.9. The predicted octanol–water partition coefficient (Wildman–Crippen LogP) is 5.00. The Balaban J connectivity index is 1.58. The van der Waals surface area contributed by atoms with Crippen LogP contribution in [0.2, 0.25) is 0 Å². The second kappa shape index (κ2) is 10.5. The van der Waals surface area contributed by atoms with Gasteiger partial charge in [0.15, 0.2) is 0 Å². The number of carbonyl (C=O) groups is 2. The minimum Gasteiger partial charge on any atom is -0.467 e. The Bertz CT molecular complexity index is 987. The van der Waals surface area contributed by atoms with E-state index in [4.69, 9.17) is 4.74 Å². The van der Waals surface area contributed by atoms with E-state index in [1.807, 2.05) is 78.9 Å². The number of methoxy groups -OCH3 is 1. The molecule has 32 heavy (non-hydrogen) atoms. The van der Waals surface area contributed by atoms with Gasteiger partial charge >= 0.3 is 5.97 Å². The van der Waals surface area contributed by atoms with Gasteiger partial charge in [-0.1, -0.05) is 78.9 Å². The molecule has 1 aliphatic heterocycles. The molecule has 1 saturated heterocycles. The summed E-state index contributed by atoms with van der Waals surface area (Å²) in [4.78, 5) is 29.5. The topological polar surface area (TPSA) is 46.6 Å². The molecule has 4 nitrogen and oxygen atoms in total. The highest BCUT2D eigenvalue weighted by atomic mass is 32.2. The zero-order valence-electron chi connectivity index (χ0n) is 18.1. The van der Waals surface area contributed by atoms with Crippen LogP contribution in [-0.4, -0.2) is 42.2 Å². The molecule has 1 heterocycles. The summed E-state index contributed by atoms with van der Waals surface area (Å²) in [5.74, 6) is 0.226. The number of esters is 1. The molecule has 2 atom stereocenters. The van der Waals surface area contributed by atoms with Gasteiger partial charge in [0, 0.05) is 17.2 Å². The van der Waals surface area contributed by atoms with Crippen molar-refractivity contribution in [2.24, 2.45) is 5.92 Å².